The van der Waals surface area contributed by atoms with Crippen LogP contribution in [-0.2, 0) is 4.79 Å². The van der Waals surface area contributed by atoms with Crippen LogP contribution in [0.1, 0.15) is 5.56 Å². The van der Waals surface area contributed by atoms with Crippen molar-refractivity contribution in [2.45, 2.75) is 6.92 Å². The molecule has 0 radical (unpaired) electrons. The average molecular weight is 382 g/mol. The number of aromatic nitrogens is 2. The third-order valence-electron chi connectivity index (χ3n) is 4.36. The molecule has 0 aliphatic heterocycles. The van der Waals surface area contributed by atoms with Gasteiger partial charge in [-0.3, -0.25) is 0 Å². The summed E-state index contributed by atoms with van der Waals surface area (Å²) in [6, 6.07) is 9.33. The Balaban J connectivity index is 1.99. The molecule has 2 aromatic heterocycles. The van der Waals surface area contributed by atoms with Crippen LogP contribution in [0.15, 0.2) is 36.5 Å². The summed E-state index contributed by atoms with van der Waals surface area (Å²) in [6.07, 6.45) is 2.68. The Kier molecular flexibility index (Phi) is 6.00. The van der Waals surface area contributed by atoms with E-state index < -0.39 is 0 Å². The van der Waals surface area contributed by atoms with Gasteiger partial charge in [-0.2, -0.15) is 0 Å². The van der Waals surface area contributed by atoms with Gasteiger partial charge in [0.2, 0.25) is 0 Å². The zero-order chi connectivity index (χ0) is 20.1. The van der Waals surface area contributed by atoms with E-state index in [2.05, 4.69) is 25.9 Å². The highest BCUT2D eigenvalue weighted by molar-refractivity contribution is 5.90. The van der Waals surface area contributed by atoms with Gasteiger partial charge >= 0.3 is 0 Å². The van der Waals surface area contributed by atoms with E-state index in [0.717, 1.165) is 47.6 Å². The molecule has 0 fully saturated rings. The van der Waals surface area contributed by atoms with E-state index >= 15 is 0 Å². The largest absolute Gasteiger partial charge is 0.508 e. The number of phenols is 1. The molecule has 0 saturated carbocycles. The zero-order valence-electron chi connectivity index (χ0n) is 16.4. The first kappa shape index (κ1) is 19.5. The Morgan fingerprint density at radius 3 is 2.79 bits per heavy atom. The van der Waals surface area contributed by atoms with Crippen molar-refractivity contribution in [2.24, 2.45) is 0 Å². The lowest BCUT2D eigenvalue weighted by Gasteiger charge is -2.16. The van der Waals surface area contributed by atoms with Crippen LogP contribution < -0.4 is 16.0 Å². The quantitative estimate of drug-likeness (QED) is 0.334. The maximum absolute atomic E-state index is 10.8. The molecule has 0 aliphatic carbocycles. The third-order valence-corrected chi connectivity index (χ3v) is 4.36. The summed E-state index contributed by atoms with van der Waals surface area (Å²) in [5.41, 5.74) is 3.88. The van der Waals surface area contributed by atoms with Crippen LogP contribution in [0, 0.1) is 6.92 Å². The van der Waals surface area contributed by atoms with Crippen molar-refractivity contribution in [3.63, 3.8) is 0 Å². The minimum absolute atomic E-state index is 0.153. The summed E-state index contributed by atoms with van der Waals surface area (Å²) in [7, 11) is 4.05. The predicted molar refractivity (Wildman–Crippen MR) is 113 cm³/mol. The summed E-state index contributed by atoms with van der Waals surface area (Å²) in [4.78, 5) is 12.9. The Bertz CT molecular complexity index is 967. The van der Waals surface area contributed by atoms with Crippen molar-refractivity contribution < 1.29 is 9.90 Å². The van der Waals surface area contributed by atoms with Crippen molar-refractivity contribution in [2.75, 3.05) is 49.7 Å². The van der Waals surface area contributed by atoms with E-state index in [1.165, 1.54) is 0 Å². The zero-order valence-corrected chi connectivity index (χ0v) is 16.4. The molecule has 0 aliphatic rings. The van der Waals surface area contributed by atoms with E-state index in [9.17, 15) is 9.90 Å². The number of nitrogens with one attached hydrogen (secondary N) is 3. The molecule has 1 aromatic carbocycles. The first-order chi connectivity index (χ1) is 13.5. The number of nitrogens with zero attached hydrogens (tertiary/aromatic N) is 3. The molecule has 0 unspecified atom stereocenters. The number of aldehydes is 1. The summed E-state index contributed by atoms with van der Waals surface area (Å²) >= 11 is 0. The van der Waals surface area contributed by atoms with Gasteiger partial charge in [0.1, 0.15) is 17.7 Å². The molecule has 8 nitrogen and oxygen atoms in total. The normalized spacial score (nSPS) is 11.0. The minimum atomic E-state index is 0.153. The lowest BCUT2D eigenvalue weighted by Crippen LogP contribution is -2.21. The molecule has 148 valence electrons. The summed E-state index contributed by atoms with van der Waals surface area (Å²) in [5.74, 6) is 0.906. The number of phenolic OH excluding ortho intramolecular Hbond substituents is 1. The Morgan fingerprint density at radius 2 is 2.04 bits per heavy atom. The fraction of sp³-hybridized carbons (Fsp3) is 0.300. The van der Waals surface area contributed by atoms with Crippen LogP contribution >= 0.6 is 0 Å². The van der Waals surface area contributed by atoms with Crippen molar-refractivity contribution >= 4 is 34.7 Å². The number of rotatable bonds is 9. The van der Waals surface area contributed by atoms with Gasteiger partial charge in [-0.15, -0.1) is 5.10 Å². The Morgan fingerprint density at radius 1 is 1.21 bits per heavy atom. The third kappa shape index (κ3) is 4.34. The van der Waals surface area contributed by atoms with Gasteiger partial charge in [-0.05, 0) is 44.8 Å². The number of benzene rings is 1. The van der Waals surface area contributed by atoms with Crippen molar-refractivity contribution in [3.05, 3.63) is 42.1 Å². The van der Waals surface area contributed by atoms with Crippen LogP contribution in [0.2, 0.25) is 0 Å². The van der Waals surface area contributed by atoms with Gasteiger partial charge in [0.05, 0.1) is 23.4 Å². The number of carbonyl (C=O) groups excluding carboxylic acids is 1. The van der Waals surface area contributed by atoms with Gasteiger partial charge in [-0.1, -0.05) is 6.07 Å². The van der Waals surface area contributed by atoms with Crippen molar-refractivity contribution in [1.82, 2.24) is 14.5 Å². The number of likely N-dealkylation sites (N-methyl/N-ethyl adjacent to an activating group) is 1. The maximum atomic E-state index is 10.8. The van der Waals surface area contributed by atoms with Crippen LogP contribution in [0.4, 0.5) is 22.9 Å². The molecular weight excluding hydrogens is 356 g/mol. The van der Waals surface area contributed by atoms with Gasteiger partial charge in [0.15, 0.2) is 5.82 Å². The second kappa shape index (κ2) is 8.62. The molecule has 0 amide bonds. The van der Waals surface area contributed by atoms with Gasteiger partial charge in [0.25, 0.3) is 0 Å². The maximum Gasteiger partial charge on any atom is 0.173 e. The van der Waals surface area contributed by atoms with Crippen LogP contribution in [0.3, 0.4) is 0 Å². The molecule has 0 bridgehead atoms. The van der Waals surface area contributed by atoms with Crippen LogP contribution in [0.25, 0.3) is 5.52 Å². The second-order valence-corrected chi connectivity index (χ2v) is 6.84. The standard InChI is InChI=1S/C20H26N6O2/c1-14-12-16(15(13-18(14)28)21-8-11-27)23-19-17-6-4-5-9-26(17)24-20(19)22-7-10-25(2)3/h4-6,9,11-13,21,23,28H,7-8,10H2,1-3H3,(H,22,24). The van der Waals surface area contributed by atoms with E-state index in [1.54, 1.807) is 6.07 Å². The molecule has 3 aromatic rings. The topological polar surface area (TPSA) is 93.9 Å². The highest BCUT2D eigenvalue weighted by Crippen LogP contribution is 2.36. The monoisotopic (exact) mass is 382 g/mol. The van der Waals surface area contributed by atoms with Crippen LogP contribution in [-0.4, -0.2) is 59.6 Å². The second-order valence-electron chi connectivity index (χ2n) is 6.84. The number of aryl methyl sites for hydroxylation is 1. The van der Waals surface area contributed by atoms with Gasteiger partial charge in [0, 0.05) is 25.4 Å². The average Bonchev–Trinajstić information content (AvgIpc) is 3.00. The lowest BCUT2D eigenvalue weighted by atomic mass is 10.1. The first-order valence-electron chi connectivity index (χ1n) is 9.13. The SMILES string of the molecule is Cc1cc(Nc2c(NCCN(C)C)nn3ccccc23)c(NCC=O)cc1O. The number of hydrogen-bond donors (Lipinski definition) is 4. The summed E-state index contributed by atoms with van der Waals surface area (Å²) in [5, 5.41) is 24.5. The summed E-state index contributed by atoms with van der Waals surface area (Å²) in [6.45, 7) is 3.60. The summed E-state index contributed by atoms with van der Waals surface area (Å²) < 4.78 is 1.81. The fourth-order valence-electron chi connectivity index (χ4n) is 2.88. The number of pyridine rings is 1. The Hall–Kier alpha value is -3.26. The molecule has 4 N–H and O–H groups in total. The van der Waals surface area contributed by atoms with Crippen molar-refractivity contribution in [1.29, 1.82) is 0 Å². The number of carbonyl (C=O) groups is 1. The predicted octanol–water partition coefficient (Wildman–Crippen LogP) is 2.68. The highest BCUT2D eigenvalue weighted by atomic mass is 16.3. The van der Waals surface area contributed by atoms with Gasteiger partial charge < -0.3 is 30.8 Å². The smallest absolute Gasteiger partial charge is 0.173 e. The highest BCUT2D eigenvalue weighted by Gasteiger charge is 2.15. The molecule has 0 atom stereocenters. The van der Waals surface area contributed by atoms with E-state index in [4.69, 9.17) is 0 Å². The molecule has 0 saturated heterocycles. The van der Waals surface area contributed by atoms with Crippen LogP contribution in [0.5, 0.6) is 5.75 Å². The lowest BCUT2D eigenvalue weighted by molar-refractivity contribution is -0.106. The molecule has 2 heterocycles. The number of hydrogen-bond acceptors (Lipinski definition) is 7. The number of fused-ring (bicyclic) bond motifs is 1. The van der Waals surface area contributed by atoms with E-state index in [-0.39, 0.29) is 12.3 Å². The molecule has 8 heteroatoms. The van der Waals surface area contributed by atoms with Crippen molar-refractivity contribution in [3.8, 4) is 5.75 Å². The number of aromatic hydroxyl groups is 1. The van der Waals surface area contributed by atoms with E-state index in [0.29, 0.717) is 5.69 Å². The van der Waals surface area contributed by atoms with Gasteiger partial charge in [-0.25, -0.2) is 4.52 Å². The minimum Gasteiger partial charge on any atom is -0.508 e. The van der Waals surface area contributed by atoms with E-state index in [1.807, 2.05) is 56.0 Å². The Labute approximate surface area is 164 Å². The molecule has 3 rings (SSSR count). The number of anilines is 4. The fourth-order valence-corrected chi connectivity index (χ4v) is 2.88. The first-order valence-corrected chi connectivity index (χ1v) is 9.13. The molecular formula is C20H26N6O2. The molecule has 28 heavy (non-hydrogen) atoms. The molecule has 0 spiro atoms.